The second kappa shape index (κ2) is 5.50. The fourth-order valence-electron chi connectivity index (χ4n) is 3.19. The molecule has 2 rings (SSSR count). The maximum atomic E-state index is 10.5. The van der Waals surface area contributed by atoms with Crippen LogP contribution in [0.15, 0.2) is 0 Å². The molecule has 2 heteroatoms. The monoisotopic (exact) mass is 226 g/mol. The van der Waals surface area contributed by atoms with Gasteiger partial charge < -0.3 is 9.84 Å². The van der Waals surface area contributed by atoms with E-state index in [0.29, 0.717) is 11.8 Å². The number of aliphatic hydroxyl groups excluding tert-OH is 1. The maximum absolute atomic E-state index is 10.5. The van der Waals surface area contributed by atoms with E-state index in [9.17, 15) is 5.11 Å². The standard InChI is InChI=1S/C14H26O2/c1-3-16-14(11-7-8-11)13(15)12-6-4-5-10(2)9-12/h10-15H,3-9H2,1-2H3. The van der Waals surface area contributed by atoms with Gasteiger partial charge in [0.25, 0.3) is 0 Å². The highest BCUT2D eigenvalue weighted by Gasteiger charge is 2.40. The lowest BCUT2D eigenvalue weighted by atomic mass is 9.77. The molecule has 2 nitrogen and oxygen atoms in total. The first-order valence-electron chi connectivity index (χ1n) is 7.02. The van der Waals surface area contributed by atoms with Crippen LogP contribution in [0.3, 0.4) is 0 Å². The fraction of sp³-hybridized carbons (Fsp3) is 1.00. The van der Waals surface area contributed by atoms with Crippen LogP contribution >= 0.6 is 0 Å². The predicted molar refractivity (Wildman–Crippen MR) is 65.3 cm³/mol. The molecule has 0 aromatic heterocycles. The molecule has 2 aliphatic carbocycles. The summed E-state index contributed by atoms with van der Waals surface area (Å²) in [7, 11) is 0. The molecule has 0 saturated heterocycles. The van der Waals surface area contributed by atoms with Crippen LogP contribution in [-0.2, 0) is 4.74 Å². The van der Waals surface area contributed by atoms with Gasteiger partial charge in [0.1, 0.15) is 0 Å². The normalized spacial score (nSPS) is 34.7. The third-order valence-electron chi connectivity index (χ3n) is 4.24. The maximum Gasteiger partial charge on any atom is 0.0864 e. The summed E-state index contributed by atoms with van der Waals surface area (Å²) in [5.41, 5.74) is 0. The summed E-state index contributed by atoms with van der Waals surface area (Å²) in [5, 5.41) is 10.5. The Morgan fingerprint density at radius 2 is 1.94 bits per heavy atom. The number of ether oxygens (including phenoxy) is 1. The summed E-state index contributed by atoms with van der Waals surface area (Å²) in [6, 6.07) is 0. The van der Waals surface area contributed by atoms with Crippen LogP contribution in [0.25, 0.3) is 0 Å². The molecule has 2 aliphatic rings. The number of aliphatic hydroxyl groups is 1. The number of hydrogen-bond acceptors (Lipinski definition) is 2. The van der Waals surface area contributed by atoms with Crippen LogP contribution < -0.4 is 0 Å². The van der Waals surface area contributed by atoms with Crippen molar-refractivity contribution in [2.75, 3.05) is 6.61 Å². The smallest absolute Gasteiger partial charge is 0.0864 e. The van der Waals surface area contributed by atoms with Crippen molar-refractivity contribution in [2.24, 2.45) is 17.8 Å². The molecule has 94 valence electrons. The van der Waals surface area contributed by atoms with E-state index >= 15 is 0 Å². The summed E-state index contributed by atoms with van der Waals surface area (Å²) in [4.78, 5) is 0. The molecular weight excluding hydrogens is 200 g/mol. The molecule has 0 aromatic rings. The average Bonchev–Trinajstić information content (AvgIpc) is 3.09. The highest BCUT2D eigenvalue weighted by atomic mass is 16.5. The summed E-state index contributed by atoms with van der Waals surface area (Å²) in [6.45, 7) is 5.08. The highest BCUT2D eigenvalue weighted by Crippen LogP contribution is 2.40. The topological polar surface area (TPSA) is 29.5 Å². The molecule has 16 heavy (non-hydrogen) atoms. The van der Waals surface area contributed by atoms with Crippen LogP contribution in [0.4, 0.5) is 0 Å². The third-order valence-corrected chi connectivity index (χ3v) is 4.24. The molecule has 0 amide bonds. The van der Waals surface area contributed by atoms with Crippen molar-refractivity contribution < 1.29 is 9.84 Å². The van der Waals surface area contributed by atoms with Crippen LogP contribution in [0, 0.1) is 17.8 Å². The van der Waals surface area contributed by atoms with Gasteiger partial charge in [-0.3, -0.25) is 0 Å². The molecule has 2 fully saturated rings. The first kappa shape index (κ1) is 12.4. The Morgan fingerprint density at radius 1 is 1.19 bits per heavy atom. The van der Waals surface area contributed by atoms with Crippen molar-refractivity contribution in [1.82, 2.24) is 0 Å². The average molecular weight is 226 g/mol. The van der Waals surface area contributed by atoms with Crippen LogP contribution in [0.5, 0.6) is 0 Å². The molecule has 0 radical (unpaired) electrons. The van der Waals surface area contributed by atoms with E-state index < -0.39 is 0 Å². The van der Waals surface area contributed by atoms with E-state index in [1.165, 1.54) is 38.5 Å². The molecular formula is C14H26O2. The minimum Gasteiger partial charge on any atom is -0.390 e. The van der Waals surface area contributed by atoms with Gasteiger partial charge in [-0.2, -0.15) is 0 Å². The molecule has 0 aromatic carbocycles. The molecule has 0 aliphatic heterocycles. The van der Waals surface area contributed by atoms with Gasteiger partial charge in [-0.25, -0.2) is 0 Å². The molecule has 4 unspecified atom stereocenters. The van der Waals surface area contributed by atoms with Crippen molar-refractivity contribution in [3.63, 3.8) is 0 Å². The first-order valence-corrected chi connectivity index (χ1v) is 7.02. The lowest BCUT2D eigenvalue weighted by Gasteiger charge is -2.34. The van der Waals surface area contributed by atoms with Crippen molar-refractivity contribution in [3.8, 4) is 0 Å². The summed E-state index contributed by atoms with van der Waals surface area (Å²) >= 11 is 0. The SMILES string of the molecule is CCOC(C1CC1)C(O)C1CCCC(C)C1. The van der Waals surface area contributed by atoms with Gasteiger partial charge in [0.15, 0.2) is 0 Å². The summed E-state index contributed by atoms with van der Waals surface area (Å²) in [5.74, 6) is 1.92. The van der Waals surface area contributed by atoms with Gasteiger partial charge in [-0.05, 0) is 50.4 Å². The minimum atomic E-state index is -0.213. The van der Waals surface area contributed by atoms with E-state index in [0.717, 1.165) is 12.5 Å². The Kier molecular flexibility index (Phi) is 4.26. The predicted octanol–water partition coefficient (Wildman–Crippen LogP) is 2.99. The van der Waals surface area contributed by atoms with Gasteiger partial charge in [0, 0.05) is 6.61 Å². The molecule has 0 spiro atoms. The Morgan fingerprint density at radius 3 is 2.50 bits per heavy atom. The quantitative estimate of drug-likeness (QED) is 0.781. The molecule has 0 bridgehead atoms. The van der Waals surface area contributed by atoms with Crippen LogP contribution in [-0.4, -0.2) is 23.9 Å². The Balaban J connectivity index is 1.89. The van der Waals surface area contributed by atoms with Gasteiger partial charge in [0.05, 0.1) is 12.2 Å². The van der Waals surface area contributed by atoms with Crippen molar-refractivity contribution in [2.45, 2.75) is 64.6 Å². The van der Waals surface area contributed by atoms with Crippen LogP contribution in [0.1, 0.15) is 52.4 Å². The van der Waals surface area contributed by atoms with Gasteiger partial charge in [-0.1, -0.05) is 19.8 Å². The summed E-state index contributed by atoms with van der Waals surface area (Å²) in [6.07, 6.45) is 7.43. The Labute approximate surface area is 99.4 Å². The van der Waals surface area contributed by atoms with Gasteiger partial charge in [-0.15, -0.1) is 0 Å². The van der Waals surface area contributed by atoms with Crippen molar-refractivity contribution in [1.29, 1.82) is 0 Å². The van der Waals surface area contributed by atoms with Gasteiger partial charge in [0.2, 0.25) is 0 Å². The zero-order chi connectivity index (χ0) is 11.5. The van der Waals surface area contributed by atoms with Crippen LogP contribution in [0.2, 0.25) is 0 Å². The fourth-order valence-corrected chi connectivity index (χ4v) is 3.19. The zero-order valence-corrected chi connectivity index (χ0v) is 10.7. The molecule has 2 saturated carbocycles. The molecule has 4 atom stereocenters. The highest BCUT2D eigenvalue weighted by molar-refractivity contribution is 4.91. The van der Waals surface area contributed by atoms with E-state index in [4.69, 9.17) is 4.74 Å². The lowest BCUT2D eigenvalue weighted by Crippen LogP contribution is -2.39. The summed E-state index contributed by atoms with van der Waals surface area (Å²) < 4.78 is 5.77. The van der Waals surface area contributed by atoms with E-state index in [1.807, 2.05) is 6.92 Å². The Bertz CT molecular complexity index is 213. The van der Waals surface area contributed by atoms with Crippen molar-refractivity contribution in [3.05, 3.63) is 0 Å². The molecule has 0 heterocycles. The second-order valence-electron chi connectivity index (χ2n) is 5.78. The van der Waals surface area contributed by atoms with E-state index in [2.05, 4.69) is 6.92 Å². The largest absolute Gasteiger partial charge is 0.390 e. The zero-order valence-electron chi connectivity index (χ0n) is 10.7. The number of rotatable bonds is 5. The third kappa shape index (κ3) is 2.98. The first-order chi connectivity index (χ1) is 7.72. The molecule has 1 N–H and O–H groups in total. The van der Waals surface area contributed by atoms with Gasteiger partial charge >= 0.3 is 0 Å². The van der Waals surface area contributed by atoms with Crippen molar-refractivity contribution >= 4 is 0 Å². The second-order valence-corrected chi connectivity index (χ2v) is 5.78. The van der Waals surface area contributed by atoms with E-state index in [-0.39, 0.29) is 12.2 Å². The van der Waals surface area contributed by atoms with E-state index in [1.54, 1.807) is 0 Å². The number of hydrogen-bond donors (Lipinski definition) is 1. The minimum absolute atomic E-state index is 0.125. The Hall–Kier alpha value is -0.0800. The lowest BCUT2D eigenvalue weighted by molar-refractivity contribution is -0.0781.